The summed E-state index contributed by atoms with van der Waals surface area (Å²) in [4.78, 5) is 11.4. The highest BCUT2D eigenvalue weighted by atomic mass is 32.2. The third kappa shape index (κ3) is 3.76. The van der Waals surface area contributed by atoms with E-state index in [0.717, 1.165) is 0 Å². The van der Waals surface area contributed by atoms with Crippen molar-refractivity contribution >= 4 is 16.0 Å². The number of hydrogen-bond donors (Lipinski definition) is 1. The third-order valence-electron chi connectivity index (χ3n) is 2.66. The summed E-state index contributed by atoms with van der Waals surface area (Å²) in [5, 5.41) is 0. The minimum Gasteiger partial charge on any atom is -0.465 e. The van der Waals surface area contributed by atoms with E-state index in [0.29, 0.717) is 25.1 Å². The Bertz CT molecular complexity index is 525. The SMILES string of the molecule is COC(=O)c1ccc(S(=O)(=O)N(C)CCCN)cc1. The van der Waals surface area contributed by atoms with Crippen molar-refractivity contribution in [1.29, 1.82) is 0 Å². The van der Waals surface area contributed by atoms with Crippen molar-refractivity contribution in [2.24, 2.45) is 5.73 Å². The summed E-state index contributed by atoms with van der Waals surface area (Å²) in [5.74, 6) is -0.500. The van der Waals surface area contributed by atoms with E-state index in [1.807, 2.05) is 0 Å². The second-order valence-electron chi connectivity index (χ2n) is 3.98. The number of carbonyl (C=O) groups is 1. The highest BCUT2D eigenvalue weighted by Gasteiger charge is 2.20. The molecule has 1 aromatic rings. The summed E-state index contributed by atoms with van der Waals surface area (Å²) >= 11 is 0. The Morgan fingerprint density at radius 1 is 1.32 bits per heavy atom. The first kappa shape index (κ1) is 15.6. The van der Waals surface area contributed by atoms with Gasteiger partial charge in [-0.1, -0.05) is 0 Å². The lowest BCUT2D eigenvalue weighted by molar-refractivity contribution is 0.0600. The summed E-state index contributed by atoms with van der Waals surface area (Å²) in [6.07, 6.45) is 0.593. The largest absolute Gasteiger partial charge is 0.465 e. The van der Waals surface area contributed by atoms with Crippen LogP contribution < -0.4 is 5.73 Å². The van der Waals surface area contributed by atoms with Gasteiger partial charge in [-0.25, -0.2) is 17.5 Å². The summed E-state index contributed by atoms with van der Waals surface area (Å²) in [6, 6.07) is 5.63. The van der Waals surface area contributed by atoms with Gasteiger partial charge in [0.1, 0.15) is 0 Å². The number of benzene rings is 1. The molecule has 0 spiro atoms. The summed E-state index contributed by atoms with van der Waals surface area (Å²) in [5.41, 5.74) is 5.67. The van der Waals surface area contributed by atoms with E-state index in [9.17, 15) is 13.2 Å². The smallest absolute Gasteiger partial charge is 0.337 e. The number of nitrogens with zero attached hydrogens (tertiary/aromatic N) is 1. The molecular weight excluding hydrogens is 268 g/mol. The molecular formula is C12H18N2O4S. The molecule has 0 aliphatic rings. The number of sulfonamides is 1. The topological polar surface area (TPSA) is 89.7 Å². The highest BCUT2D eigenvalue weighted by molar-refractivity contribution is 7.89. The van der Waals surface area contributed by atoms with Gasteiger partial charge in [-0.15, -0.1) is 0 Å². The molecule has 0 heterocycles. The Labute approximate surface area is 113 Å². The standard InChI is InChI=1S/C12H18N2O4S/c1-14(9-3-8-13)19(16,17)11-6-4-10(5-7-11)12(15)18-2/h4-7H,3,8-9,13H2,1-2H3. The van der Waals surface area contributed by atoms with Crippen LogP contribution in [0.3, 0.4) is 0 Å². The second-order valence-corrected chi connectivity index (χ2v) is 6.03. The van der Waals surface area contributed by atoms with E-state index in [-0.39, 0.29) is 4.90 Å². The van der Waals surface area contributed by atoms with Crippen LogP contribution in [0.4, 0.5) is 0 Å². The molecule has 106 valence electrons. The van der Waals surface area contributed by atoms with E-state index < -0.39 is 16.0 Å². The van der Waals surface area contributed by atoms with Crippen molar-refractivity contribution in [1.82, 2.24) is 4.31 Å². The molecule has 0 atom stereocenters. The molecule has 0 saturated carbocycles. The summed E-state index contributed by atoms with van der Waals surface area (Å²) < 4.78 is 30.1. The summed E-state index contributed by atoms with van der Waals surface area (Å²) in [7, 11) is -0.764. The Morgan fingerprint density at radius 3 is 2.37 bits per heavy atom. The molecule has 0 radical (unpaired) electrons. The number of nitrogens with two attached hydrogens (primary N) is 1. The van der Waals surface area contributed by atoms with E-state index in [4.69, 9.17) is 5.73 Å². The first-order valence-electron chi connectivity index (χ1n) is 5.78. The van der Waals surface area contributed by atoms with E-state index in [1.54, 1.807) is 0 Å². The van der Waals surface area contributed by atoms with Gasteiger partial charge >= 0.3 is 5.97 Å². The van der Waals surface area contributed by atoms with Crippen molar-refractivity contribution in [3.05, 3.63) is 29.8 Å². The molecule has 19 heavy (non-hydrogen) atoms. The molecule has 2 N–H and O–H groups in total. The van der Waals surface area contributed by atoms with E-state index in [1.165, 1.54) is 42.7 Å². The molecule has 0 bridgehead atoms. The van der Waals surface area contributed by atoms with E-state index >= 15 is 0 Å². The van der Waals surface area contributed by atoms with Crippen LogP contribution in [0.5, 0.6) is 0 Å². The number of hydrogen-bond acceptors (Lipinski definition) is 5. The molecule has 0 unspecified atom stereocenters. The Kier molecular flexibility index (Phi) is 5.46. The maximum atomic E-state index is 12.2. The zero-order valence-electron chi connectivity index (χ0n) is 11.0. The quantitative estimate of drug-likeness (QED) is 0.766. The maximum absolute atomic E-state index is 12.2. The molecule has 0 aromatic heterocycles. The predicted molar refractivity (Wildman–Crippen MR) is 71.3 cm³/mol. The highest BCUT2D eigenvalue weighted by Crippen LogP contribution is 2.15. The van der Waals surface area contributed by atoms with Crippen LogP contribution in [0.25, 0.3) is 0 Å². The van der Waals surface area contributed by atoms with Crippen molar-refractivity contribution in [2.75, 3.05) is 27.2 Å². The van der Waals surface area contributed by atoms with Crippen LogP contribution in [0, 0.1) is 0 Å². The fourth-order valence-electron chi connectivity index (χ4n) is 1.49. The molecule has 0 aliphatic carbocycles. The molecule has 7 heteroatoms. The van der Waals surface area contributed by atoms with Crippen molar-refractivity contribution in [2.45, 2.75) is 11.3 Å². The fourth-order valence-corrected chi connectivity index (χ4v) is 2.70. The van der Waals surface area contributed by atoms with Gasteiger partial charge in [-0.05, 0) is 37.2 Å². The van der Waals surface area contributed by atoms with Gasteiger partial charge in [0.05, 0.1) is 17.6 Å². The van der Waals surface area contributed by atoms with Gasteiger partial charge in [-0.2, -0.15) is 0 Å². The lowest BCUT2D eigenvalue weighted by Gasteiger charge is -2.16. The lowest BCUT2D eigenvalue weighted by Crippen LogP contribution is -2.29. The van der Waals surface area contributed by atoms with Crippen LogP contribution in [-0.4, -0.2) is 45.9 Å². The molecule has 1 rings (SSSR count). The van der Waals surface area contributed by atoms with Gasteiger partial charge in [0.2, 0.25) is 10.0 Å². The average Bonchev–Trinajstić information content (AvgIpc) is 2.43. The number of rotatable bonds is 6. The Morgan fingerprint density at radius 2 is 1.89 bits per heavy atom. The van der Waals surface area contributed by atoms with Crippen molar-refractivity contribution < 1.29 is 17.9 Å². The van der Waals surface area contributed by atoms with Gasteiger partial charge in [0.15, 0.2) is 0 Å². The Hall–Kier alpha value is -1.44. The first-order valence-corrected chi connectivity index (χ1v) is 7.22. The second kappa shape index (κ2) is 6.65. The van der Waals surface area contributed by atoms with Gasteiger partial charge in [0, 0.05) is 13.6 Å². The molecule has 0 fully saturated rings. The van der Waals surface area contributed by atoms with Crippen LogP contribution in [0.15, 0.2) is 29.2 Å². The first-order chi connectivity index (χ1) is 8.93. The van der Waals surface area contributed by atoms with Gasteiger partial charge in [-0.3, -0.25) is 0 Å². The predicted octanol–water partition coefficient (Wildman–Crippen LogP) is 0.442. The third-order valence-corrected chi connectivity index (χ3v) is 4.53. The molecule has 0 aliphatic heterocycles. The molecule has 0 amide bonds. The van der Waals surface area contributed by atoms with Crippen LogP contribution in [0.2, 0.25) is 0 Å². The average molecular weight is 286 g/mol. The van der Waals surface area contributed by atoms with Crippen molar-refractivity contribution in [3.8, 4) is 0 Å². The molecule has 0 saturated heterocycles. The van der Waals surface area contributed by atoms with E-state index in [2.05, 4.69) is 4.74 Å². The summed E-state index contributed by atoms with van der Waals surface area (Å²) in [6.45, 7) is 0.790. The minimum atomic E-state index is -3.53. The van der Waals surface area contributed by atoms with Crippen LogP contribution in [0.1, 0.15) is 16.8 Å². The van der Waals surface area contributed by atoms with Crippen LogP contribution in [-0.2, 0) is 14.8 Å². The minimum absolute atomic E-state index is 0.139. The monoisotopic (exact) mass is 286 g/mol. The zero-order valence-corrected chi connectivity index (χ0v) is 11.8. The maximum Gasteiger partial charge on any atom is 0.337 e. The van der Waals surface area contributed by atoms with Crippen LogP contribution >= 0.6 is 0 Å². The van der Waals surface area contributed by atoms with Gasteiger partial charge in [0.25, 0.3) is 0 Å². The van der Waals surface area contributed by atoms with Gasteiger partial charge < -0.3 is 10.5 Å². The number of carbonyl (C=O) groups excluding carboxylic acids is 1. The zero-order chi connectivity index (χ0) is 14.5. The Balaban J connectivity index is 2.93. The molecule has 6 nitrogen and oxygen atoms in total. The normalized spacial score (nSPS) is 11.6. The number of methoxy groups -OCH3 is 1. The fraction of sp³-hybridized carbons (Fsp3) is 0.417. The number of esters is 1. The lowest BCUT2D eigenvalue weighted by atomic mass is 10.2. The molecule has 1 aromatic carbocycles. The van der Waals surface area contributed by atoms with Crippen molar-refractivity contribution in [3.63, 3.8) is 0 Å². The number of ether oxygens (including phenoxy) is 1.